The van der Waals surface area contributed by atoms with Gasteiger partial charge in [0.1, 0.15) is 5.67 Å². The van der Waals surface area contributed by atoms with Gasteiger partial charge >= 0.3 is 0 Å². The number of hydrogen-bond acceptors (Lipinski definition) is 3. The summed E-state index contributed by atoms with van der Waals surface area (Å²) in [5, 5.41) is 4.37. The van der Waals surface area contributed by atoms with Crippen LogP contribution in [-0.4, -0.2) is 18.1 Å². The van der Waals surface area contributed by atoms with Gasteiger partial charge < -0.3 is 5.32 Å². The van der Waals surface area contributed by atoms with Crippen molar-refractivity contribution in [2.24, 2.45) is 0 Å². The van der Waals surface area contributed by atoms with Gasteiger partial charge in [0.05, 0.1) is 9.88 Å². The van der Waals surface area contributed by atoms with E-state index in [1.54, 1.807) is 20.0 Å². The van der Waals surface area contributed by atoms with Crippen molar-refractivity contribution in [2.75, 3.05) is 13.1 Å². The van der Waals surface area contributed by atoms with Crippen LogP contribution in [0.3, 0.4) is 0 Å². The molecular weight excluding hydrogens is 199 g/mol. The van der Waals surface area contributed by atoms with Crippen LogP contribution in [0.15, 0.2) is 6.20 Å². The third-order valence-corrected chi connectivity index (χ3v) is 3.98. The number of alkyl halides is 1. The minimum absolute atomic E-state index is 0.496. The first-order valence-electron chi connectivity index (χ1n) is 4.93. The highest BCUT2D eigenvalue weighted by Crippen LogP contribution is 2.33. The van der Waals surface area contributed by atoms with E-state index in [1.807, 2.05) is 0 Å². The summed E-state index contributed by atoms with van der Waals surface area (Å²) in [7, 11) is 0. The Balaban J connectivity index is 2.17. The lowest BCUT2D eigenvalue weighted by Crippen LogP contribution is -2.07. The summed E-state index contributed by atoms with van der Waals surface area (Å²) in [4.78, 5) is 5.04. The van der Waals surface area contributed by atoms with Crippen LogP contribution in [0.25, 0.3) is 0 Å². The molecule has 1 N–H and O–H groups in total. The van der Waals surface area contributed by atoms with E-state index < -0.39 is 5.67 Å². The predicted molar refractivity (Wildman–Crippen MR) is 56.5 cm³/mol. The average molecular weight is 214 g/mol. The predicted octanol–water partition coefficient (Wildman–Crippen LogP) is 2.42. The van der Waals surface area contributed by atoms with Crippen LogP contribution in [-0.2, 0) is 5.67 Å². The van der Waals surface area contributed by atoms with Crippen LogP contribution < -0.4 is 5.32 Å². The first-order chi connectivity index (χ1) is 6.57. The molecule has 0 spiro atoms. The van der Waals surface area contributed by atoms with E-state index in [-0.39, 0.29) is 0 Å². The van der Waals surface area contributed by atoms with E-state index in [0.29, 0.717) is 5.92 Å². The van der Waals surface area contributed by atoms with Crippen molar-refractivity contribution in [1.29, 1.82) is 0 Å². The largest absolute Gasteiger partial charge is 0.316 e. The number of aromatic nitrogens is 1. The molecule has 0 aromatic carbocycles. The lowest BCUT2D eigenvalue weighted by molar-refractivity contribution is 0.226. The number of hydrogen-bond donors (Lipinski definition) is 1. The Hall–Kier alpha value is -0.480. The maximum Gasteiger partial charge on any atom is 0.141 e. The van der Waals surface area contributed by atoms with Gasteiger partial charge in [-0.05, 0) is 26.8 Å². The molecule has 4 heteroatoms. The van der Waals surface area contributed by atoms with Crippen molar-refractivity contribution < 1.29 is 4.39 Å². The zero-order chi connectivity index (χ0) is 10.2. The number of rotatable bonds is 2. The molecule has 78 valence electrons. The van der Waals surface area contributed by atoms with Gasteiger partial charge in [0.15, 0.2) is 0 Å². The molecule has 2 rings (SSSR count). The van der Waals surface area contributed by atoms with Crippen molar-refractivity contribution in [1.82, 2.24) is 10.3 Å². The summed E-state index contributed by atoms with van der Waals surface area (Å²) < 4.78 is 13.6. The van der Waals surface area contributed by atoms with Gasteiger partial charge in [0, 0.05) is 18.7 Å². The highest BCUT2D eigenvalue weighted by atomic mass is 32.1. The first kappa shape index (κ1) is 10.1. The van der Waals surface area contributed by atoms with Gasteiger partial charge in [-0.15, -0.1) is 11.3 Å². The van der Waals surface area contributed by atoms with Gasteiger partial charge in [0.2, 0.25) is 0 Å². The fourth-order valence-electron chi connectivity index (χ4n) is 1.62. The normalized spacial score (nSPS) is 22.9. The second-order valence-corrected chi connectivity index (χ2v) is 5.29. The lowest BCUT2D eigenvalue weighted by Gasteiger charge is -2.09. The first-order valence-corrected chi connectivity index (χ1v) is 5.75. The van der Waals surface area contributed by atoms with Gasteiger partial charge in [0.25, 0.3) is 0 Å². The highest BCUT2D eigenvalue weighted by Gasteiger charge is 2.25. The minimum Gasteiger partial charge on any atom is -0.316 e. The summed E-state index contributed by atoms with van der Waals surface area (Å²) in [6.07, 6.45) is 2.80. The number of nitrogens with one attached hydrogen (secondary N) is 1. The van der Waals surface area contributed by atoms with Crippen molar-refractivity contribution in [3.63, 3.8) is 0 Å². The van der Waals surface area contributed by atoms with Gasteiger partial charge in [-0.25, -0.2) is 9.37 Å². The minimum atomic E-state index is -1.25. The van der Waals surface area contributed by atoms with E-state index in [0.717, 1.165) is 29.4 Å². The second-order valence-electron chi connectivity index (χ2n) is 4.22. The summed E-state index contributed by atoms with van der Waals surface area (Å²) in [5.41, 5.74) is -1.25. The maximum absolute atomic E-state index is 13.6. The number of thiazole rings is 1. The molecule has 1 aromatic rings. The Morgan fingerprint density at radius 1 is 1.64 bits per heavy atom. The fraction of sp³-hybridized carbons (Fsp3) is 0.700. The molecule has 2 heterocycles. The molecule has 14 heavy (non-hydrogen) atoms. The molecule has 0 radical (unpaired) electrons. The van der Waals surface area contributed by atoms with E-state index >= 15 is 0 Å². The third kappa shape index (κ3) is 1.96. The molecular formula is C10H15FN2S. The number of halogens is 1. The van der Waals surface area contributed by atoms with Gasteiger partial charge in [-0.2, -0.15) is 0 Å². The quantitative estimate of drug-likeness (QED) is 0.818. The van der Waals surface area contributed by atoms with Crippen molar-refractivity contribution in [3.05, 3.63) is 16.1 Å². The Kier molecular flexibility index (Phi) is 2.58. The monoisotopic (exact) mass is 214 g/mol. The summed E-state index contributed by atoms with van der Waals surface area (Å²) in [6, 6.07) is 0. The van der Waals surface area contributed by atoms with E-state index in [2.05, 4.69) is 10.3 Å². The Labute approximate surface area is 87.6 Å². The van der Waals surface area contributed by atoms with Crippen LogP contribution in [0.2, 0.25) is 0 Å². The van der Waals surface area contributed by atoms with E-state index in [4.69, 9.17) is 0 Å². The van der Waals surface area contributed by atoms with E-state index in [9.17, 15) is 4.39 Å². The zero-order valence-corrected chi connectivity index (χ0v) is 9.33. The van der Waals surface area contributed by atoms with Crippen LogP contribution in [0.4, 0.5) is 4.39 Å². The SMILES string of the molecule is CC(C)(F)c1cnc(C2CCNC2)s1. The zero-order valence-electron chi connectivity index (χ0n) is 8.51. The molecule has 1 fully saturated rings. The van der Waals surface area contributed by atoms with Crippen molar-refractivity contribution in [2.45, 2.75) is 31.9 Å². The lowest BCUT2D eigenvalue weighted by atomic mass is 10.1. The molecule has 0 bridgehead atoms. The molecule has 1 atom stereocenters. The molecule has 1 unspecified atom stereocenters. The summed E-state index contributed by atoms with van der Waals surface area (Å²) >= 11 is 1.51. The molecule has 1 aliphatic rings. The Morgan fingerprint density at radius 3 is 2.93 bits per heavy atom. The molecule has 0 saturated carbocycles. The van der Waals surface area contributed by atoms with Crippen LogP contribution in [0, 0.1) is 0 Å². The van der Waals surface area contributed by atoms with Gasteiger partial charge in [-0.1, -0.05) is 0 Å². The fourth-order valence-corrected chi connectivity index (χ4v) is 2.66. The van der Waals surface area contributed by atoms with Crippen LogP contribution in [0.1, 0.15) is 36.1 Å². The molecule has 1 aromatic heterocycles. The Morgan fingerprint density at radius 2 is 2.43 bits per heavy atom. The van der Waals surface area contributed by atoms with Crippen LogP contribution in [0.5, 0.6) is 0 Å². The number of nitrogens with zero attached hydrogens (tertiary/aromatic N) is 1. The summed E-state index contributed by atoms with van der Waals surface area (Å²) in [6.45, 7) is 5.20. The van der Waals surface area contributed by atoms with Crippen molar-refractivity contribution >= 4 is 11.3 Å². The molecule has 0 amide bonds. The average Bonchev–Trinajstić information content (AvgIpc) is 2.73. The van der Waals surface area contributed by atoms with E-state index in [1.165, 1.54) is 11.3 Å². The molecule has 2 nitrogen and oxygen atoms in total. The third-order valence-electron chi connectivity index (χ3n) is 2.52. The molecule has 0 aliphatic carbocycles. The summed E-state index contributed by atoms with van der Waals surface area (Å²) in [5.74, 6) is 0.496. The smallest absolute Gasteiger partial charge is 0.141 e. The maximum atomic E-state index is 13.6. The Bertz CT molecular complexity index is 310. The highest BCUT2D eigenvalue weighted by molar-refractivity contribution is 7.11. The van der Waals surface area contributed by atoms with Crippen molar-refractivity contribution in [3.8, 4) is 0 Å². The van der Waals surface area contributed by atoms with Gasteiger partial charge in [-0.3, -0.25) is 0 Å². The molecule has 1 saturated heterocycles. The topological polar surface area (TPSA) is 24.9 Å². The molecule has 1 aliphatic heterocycles. The standard InChI is InChI=1S/C10H15FN2S/c1-10(2,11)8-6-13-9(14-8)7-3-4-12-5-7/h6-7,12H,3-5H2,1-2H3. The second kappa shape index (κ2) is 3.59. The van der Waals surface area contributed by atoms with Crippen LogP contribution >= 0.6 is 11.3 Å².